The smallest absolute Gasteiger partial charge is 0.341 e. The monoisotopic (exact) mass is 435 g/mol. The molecule has 1 heterocycles. The number of carbonyl (C=O) groups is 1. The maximum Gasteiger partial charge on any atom is 0.341 e. The van der Waals surface area contributed by atoms with Crippen LogP contribution < -0.4 is 9.47 Å². The predicted octanol–water partition coefficient (Wildman–Crippen LogP) is 5.81. The Morgan fingerprint density at radius 1 is 1.07 bits per heavy atom. The molecule has 2 aromatic carbocycles. The molecule has 3 rings (SSSR count). The zero-order valence-corrected chi connectivity index (χ0v) is 17.3. The van der Waals surface area contributed by atoms with Crippen molar-refractivity contribution in [1.82, 2.24) is 5.16 Å². The van der Waals surface area contributed by atoms with Crippen LogP contribution in [-0.2, 0) is 11.4 Å². The van der Waals surface area contributed by atoms with Crippen molar-refractivity contribution in [1.29, 1.82) is 0 Å². The molecule has 8 heteroatoms. The summed E-state index contributed by atoms with van der Waals surface area (Å²) in [6, 6.07) is 11.9. The number of carboxylic acids is 1. The highest BCUT2D eigenvalue weighted by molar-refractivity contribution is 6.39. The molecular formula is C21H19Cl2NO5. The van der Waals surface area contributed by atoms with Crippen molar-refractivity contribution < 1.29 is 23.9 Å². The molecule has 0 atom stereocenters. The highest BCUT2D eigenvalue weighted by Crippen LogP contribution is 2.38. The van der Waals surface area contributed by atoms with Gasteiger partial charge in [0.2, 0.25) is 0 Å². The summed E-state index contributed by atoms with van der Waals surface area (Å²) in [6.45, 7) is 3.79. The normalized spacial score (nSPS) is 10.9. The number of rotatable bonds is 8. The summed E-state index contributed by atoms with van der Waals surface area (Å²) in [7, 11) is 0. The molecule has 0 spiro atoms. The Bertz CT molecular complexity index is 979. The van der Waals surface area contributed by atoms with E-state index < -0.39 is 12.6 Å². The van der Waals surface area contributed by atoms with Crippen LogP contribution in [-0.4, -0.2) is 22.8 Å². The largest absolute Gasteiger partial charge is 0.489 e. The maximum atomic E-state index is 10.6. The molecule has 3 aromatic rings. The van der Waals surface area contributed by atoms with Crippen molar-refractivity contribution in [2.24, 2.45) is 0 Å². The zero-order chi connectivity index (χ0) is 21.0. The molecule has 0 aliphatic heterocycles. The molecule has 29 heavy (non-hydrogen) atoms. The topological polar surface area (TPSA) is 81.8 Å². The van der Waals surface area contributed by atoms with Gasteiger partial charge in [-0.2, -0.15) is 0 Å². The van der Waals surface area contributed by atoms with Crippen molar-refractivity contribution in [2.75, 3.05) is 6.61 Å². The first-order valence-electron chi connectivity index (χ1n) is 8.87. The van der Waals surface area contributed by atoms with E-state index in [1.54, 1.807) is 42.5 Å². The molecule has 0 bridgehead atoms. The number of carboxylic acid groups (broad SMARTS) is 1. The van der Waals surface area contributed by atoms with Gasteiger partial charge in [0.1, 0.15) is 29.6 Å². The maximum absolute atomic E-state index is 10.6. The van der Waals surface area contributed by atoms with Gasteiger partial charge in [-0.1, -0.05) is 48.3 Å². The number of hydrogen-bond donors (Lipinski definition) is 1. The van der Waals surface area contributed by atoms with Gasteiger partial charge in [0.25, 0.3) is 0 Å². The lowest BCUT2D eigenvalue weighted by Gasteiger charge is -2.11. The SMILES string of the molecule is CC(C)c1onc(-c2c(Cl)cccc2Cl)c1COc1ccc(OCC(=O)O)cc1. The second kappa shape index (κ2) is 9.20. The Kier molecular flexibility index (Phi) is 6.67. The van der Waals surface area contributed by atoms with Crippen molar-refractivity contribution >= 4 is 29.2 Å². The quantitative estimate of drug-likeness (QED) is 0.480. The van der Waals surface area contributed by atoms with Crippen molar-refractivity contribution in [2.45, 2.75) is 26.4 Å². The number of ether oxygens (including phenoxy) is 2. The van der Waals surface area contributed by atoms with Crippen LogP contribution in [0.25, 0.3) is 11.3 Å². The Morgan fingerprint density at radius 3 is 2.21 bits per heavy atom. The molecule has 6 nitrogen and oxygen atoms in total. The Balaban J connectivity index is 1.83. The molecule has 0 saturated heterocycles. The van der Waals surface area contributed by atoms with Gasteiger partial charge in [0, 0.05) is 11.5 Å². The predicted molar refractivity (Wildman–Crippen MR) is 110 cm³/mol. The number of benzene rings is 2. The number of nitrogens with zero attached hydrogens (tertiary/aromatic N) is 1. The van der Waals surface area contributed by atoms with E-state index in [0.717, 1.165) is 5.56 Å². The Labute approximate surface area is 177 Å². The second-order valence-electron chi connectivity index (χ2n) is 6.57. The molecule has 0 amide bonds. The fourth-order valence-corrected chi connectivity index (χ4v) is 3.34. The lowest BCUT2D eigenvalue weighted by Crippen LogP contribution is -2.09. The highest BCUT2D eigenvalue weighted by Gasteiger charge is 2.23. The van der Waals surface area contributed by atoms with Gasteiger partial charge in [-0.05, 0) is 36.4 Å². The van der Waals surface area contributed by atoms with Crippen LogP contribution >= 0.6 is 23.2 Å². The summed E-state index contributed by atoms with van der Waals surface area (Å²) >= 11 is 12.7. The van der Waals surface area contributed by atoms with Gasteiger partial charge >= 0.3 is 5.97 Å². The van der Waals surface area contributed by atoms with Gasteiger partial charge < -0.3 is 19.1 Å². The molecule has 152 valence electrons. The summed E-state index contributed by atoms with van der Waals surface area (Å²) in [5.74, 6) is 0.765. The molecule has 1 aromatic heterocycles. The summed E-state index contributed by atoms with van der Waals surface area (Å²) in [6.07, 6.45) is 0. The van der Waals surface area contributed by atoms with Gasteiger partial charge in [0.05, 0.1) is 15.6 Å². The van der Waals surface area contributed by atoms with E-state index in [9.17, 15) is 4.79 Å². The lowest BCUT2D eigenvalue weighted by atomic mass is 10.0. The van der Waals surface area contributed by atoms with E-state index >= 15 is 0 Å². The van der Waals surface area contributed by atoms with Crippen molar-refractivity contribution in [3.63, 3.8) is 0 Å². The molecule has 1 N–H and O–H groups in total. The standard InChI is InChI=1S/C21H19Cl2NO5/c1-12(2)21-15(20(24-29-21)19-16(22)4-3-5-17(19)23)10-27-13-6-8-14(9-7-13)28-11-18(25)26/h3-9,12H,10-11H2,1-2H3,(H,25,26). The summed E-state index contributed by atoms with van der Waals surface area (Å²) in [5.41, 5.74) is 1.91. The zero-order valence-electron chi connectivity index (χ0n) is 15.8. The average molecular weight is 436 g/mol. The third kappa shape index (κ3) is 5.02. The van der Waals surface area contributed by atoms with Crippen LogP contribution in [0, 0.1) is 0 Å². The van der Waals surface area contributed by atoms with Crippen molar-refractivity contribution in [3.05, 3.63) is 63.8 Å². The van der Waals surface area contributed by atoms with E-state index in [1.165, 1.54) is 0 Å². The highest BCUT2D eigenvalue weighted by atomic mass is 35.5. The first-order valence-corrected chi connectivity index (χ1v) is 9.62. The van der Waals surface area contributed by atoms with E-state index in [2.05, 4.69) is 5.16 Å². The summed E-state index contributed by atoms with van der Waals surface area (Å²) in [5, 5.41) is 13.8. The third-order valence-electron chi connectivity index (χ3n) is 4.11. The number of aliphatic carboxylic acids is 1. The van der Waals surface area contributed by atoms with E-state index in [0.29, 0.717) is 38.6 Å². The second-order valence-corrected chi connectivity index (χ2v) is 7.38. The molecular weight excluding hydrogens is 417 g/mol. The van der Waals surface area contributed by atoms with E-state index in [1.807, 2.05) is 13.8 Å². The van der Waals surface area contributed by atoms with Crippen LogP contribution in [0.15, 0.2) is 47.0 Å². The fraction of sp³-hybridized carbons (Fsp3) is 0.238. The summed E-state index contributed by atoms with van der Waals surface area (Å²) < 4.78 is 16.6. The van der Waals surface area contributed by atoms with Gasteiger partial charge in [0.15, 0.2) is 6.61 Å². The third-order valence-corrected chi connectivity index (χ3v) is 4.74. The minimum Gasteiger partial charge on any atom is -0.489 e. The number of halogens is 2. The Morgan fingerprint density at radius 2 is 1.66 bits per heavy atom. The lowest BCUT2D eigenvalue weighted by molar-refractivity contribution is -0.139. The van der Waals surface area contributed by atoms with E-state index in [4.69, 9.17) is 42.3 Å². The molecule has 0 fully saturated rings. The molecule has 0 saturated carbocycles. The van der Waals surface area contributed by atoms with E-state index in [-0.39, 0.29) is 12.5 Å². The van der Waals surface area contributed by atoms with Crippen LogP contribution in [0.2, 0.25) is 10.0 Å². The minimum atomic E-state index is -1.04. The number of aromatic nitrogens is 1. The van der Waals surface area contributed by atoms with Gasteiger partial charge in [-0.15, -0.1) is 0 Å². The van der Waals surface area contributed by atoms with Gasteiger partial charge in [-0.3, -0.25) is 0 Å². The van der Waals surface area contributed by atoms with Crippen LogP contribution in [0.3, 0.4) is 0 Å². The summed E-state index contributed by atoms with van der Waals surface area (Å²) in [4.78, 5) is 10.6. The molecule has 0 unspecified atom stereocenters. The molecule has 0 aliphatic carbocycles. The first kappa shape index (κ1) is 21.0. The Hall–Kier alpha value is -2.70. The van der Waals surface area contributed by atoms with Crippen LogP contribution in [0.5, 0.6) is 11.5 Å². The van der Waals surface area contributed by atoms with Gasteiger partial charge in [-0.25, -0.2) is 4.79 Å². The first-order chi connectivity index (χ1) is 13.9. The molecule has 0 aliphatic rings. The minimum absolute atomic E-state index is 0.0860. The van der Waals surface area contributed by atoms with Crippen molar-refractivity contribution in [3.8, 4) is 22.8 Å². The number of hydrogen-bond acceptors (Lipinski definition) is 5. The van der Waals surface area contributed by atoms with Crippen LogP contribution in [0.4, 0.5) is 0 Å². The fourth-order valence-electron chi connectivity index (χ4n) is 2.77. The molecule has 0 radical (unpaired) electrons. The van der Waals surface area contributed by atoms with Crippen LogP contribution in [0.1, 0.15) is 31.1 Å². The average Bonchev–Trinajstić information content (AvgIpc) is 3.09.